The minimum atomic E-state index is -0.387. The highest BCUT2D eigenvalue weighted by Crippen LogP contribution is 2.35. The van der Waals surface area contributed by atoms with Crippen molar-refractivity contribution >= 4 is 116 Å². The van der Waals surface area contributed by atoms with Crippen molar-refractivity contribution in [1.82, 2.24) is 30.7 Å². The minimum absolute atomic E-state index is 0. The summed E-state index contributed by atoms with van der Waals surface area (Å²) < 4.78 is 0. The number of ketones is 3. The fourth-order valence-electron chi connectivity index (χ4n) is 13.3. The van der Waals surface area contributed by atoms with Crippen molar-refractivity contribution in [2.45, 2.75) is 162 Å². The first kappa shape index (κ1) is 74.3. The number of amides is 7. The second-order valence-corrected chi connectivity index (χ2v) is 27.7. The van der Waals surface area contributed by atoms with E-state index in [-0.39, 0.29) is 72.7 Å². The minimum Gasteiger partial charge on any atom is -0.358 e. The number of halogens is 3. The molecule has 0 radical (unpaired) electrons. The highest BCUT2D eigenvalue weighted by Gasteiger charge is 2.40. The average molecular weight is 1420 g/mol. The summed E-state index contributed by atoms with van der Waals surface area (Å²) in [6.45, 7) is 20.4. The Labute approximate surface area is 600 Å². The van der Waals surface area contributed by atoms with Crippen LogP contribution >= 0.6 is 47.0 Å². The van der Waals surface area contributed by atoms with E-state index in [2.05, 4.69) is 51.6 Å². The number of nitrogens with zero attached hydrogens (tertiary/aromatic N) is 3. The van der Waals surface area contributed by atoms with Crippen LogP contribution in [0.25, 0.3) is 0 Å². The molecule has 0 bridgehead atoms. The SMILES string of the molecule is C.C=C1CCCC(N2Cc3c(CCNC(=O)Nc4ccc(C)c(Cl)c4)cccc3C2=O)C(=O)C1.C=C1CCCC(N2Cc3cc(CCNC(=O)Nc4ccc(C)c(Cl)c4)ccc3C2=O)C(=O)C1.C=C1CCCC(N2Cc3cc(CNC(=S)Nc4ccc(C)c(Cl)c4)ccc3C2=O)C(=O)C1. The van der Waals surface area contributed by atoms with E-state index in [1.807, 2.05) is 106 Å². The van der Waals surface area contributed by atoms with E-state index in [0.29, 0.717) is 139 Å². The van der Waals surface area contributed by atoms with Crippen LogP contribution in [0.15, 0.2) is 146 Å². The van der Waals surface area contributed by atoms with E-state index < -0.39 is 0 Å². The number of nitrogens with one attached hydrogen (secondary N) is 6. The molecule has 21 heteroatoms. The molecule has 0 saturated heterocycles. The Bertz CT molecular complexity index is 4210. The molecule has 6 aliphatic rings. The summed E-state index contributed by atoms with van der Waals surface area (Å²) in [7, 11) is 0. The van der Waals surface area contributed by atoms with Crippen LogP contribution in [0.4, 0.5) is 26.7 Å². The van der Waals surface area contributed by atoms with E-state index in [1.54, 1.807) is 39.0 Å². The van der Waals surface area contributed by atoms with Crippen LogP contribution in [0.1, 0.15) is 166 Å². The van der Waals surface area contributed by atoms with Crippen molar-refractivity contribution in [2.75, 3.05) is 29.0 Å². The molecule has 3 heterocycles. The maximum atomic E-state index is 13.1. The first-order chi connectivity index (χ1) is 47.0. The van der Waals surface area contributed by atoms with E-state index >= 15 is 0 Å². The summed E-state index contributed by atoms with van der Waals surface area (Å²) in [6.07, 6.45) is 9.55. The largest absolute Gasteiger partial charge is 0.358 e. The number of allylic oxidation sites excluding steroid dienone is 3. The third kappa shape index (κ3) is 18.9. The number of carbonyl (C=O) groups is 8. The lowest BCUT2D eigenvalue weighted by atomic mass is 10.0. The van der Waals surface area contributed by atoms with Gasteiger partial charge in [-0.2, -0.15) is 0 Å². The highest BCUT2D eigenvalue weighted by molar-refractivity contribution is 7.80. The predicted octanol–water partition coefficient (Wildman–Crippen LogP) is 15.9. The van der Waals surface area contributed by atoms with Crippen LogP contribution in [-0.2, 0) is 53.4 Å². The van der Waals surface area contributed by atoms with Gasteiger partial charge in [0.25, 0.3) is 17.7 Å². The molecule has 17 nitrogen and oxygen atoms in total. The quantitative estimate of drug-likeness (QED) is 0.0342. The van der Waals surface area contributed by atoms with Crippen LogP contribution in [0, 0.1) is 20.8 Å². The molecule has 6 N–H and O–H groups in total. The summed E-state index contributed by atoms with van der Waals surface area (Å²) in [6, 6.07) is 31.9. The van der Waals surface area contributed by atoms with Gasteiger partial charge in [-0.25, -0.2) is 9.59 Å². The van der Waals surface area contributed by atoms with E-state index in [4.69, 9.17) is 47.0 Å². The standard InChI is InChI=1S/2C26H28ClN3O3.C25H26ClN3O2S.CH4/c1-16-5-3-8-23(24(31)13-16)30-15-21-18(6-4-7-20(21)25(30)32)11-12-28-26(33)29-19-10-9-17(2)22(27)14-19;1-16-4-3-5-23(24(31)12-16)30-15-19-13-18(7-9-21(19)25(30)32)10-11-28-26(33)29-20-8-6-17(2)22(27)14-20;1-15-4-3-5-22(23(30)10-15)29-14-18-11-17(7-9-20(18)24(29)31)13-27-25(32)28-19-8-6-16(2)21(26)12-19;/h4,6-7,9-10,14,23H,1,3,5,8,11-13,15H2,2H3,(H2,28,29,33);6-9,13-14,23H,1,3-5,10-12,15H2,2H3,(H2,28,29,33);6-9,11-12,22H,1,3-5,10,13-14H2,2H3,(H2,27,28,32);1H4. The zero-order chi connectivity index (χ0) is 69.9. The second kappa shape index (κ2) is 33.7. The third-order valence-corrected chi connectivity index (χ3v) is 20.2. The molecule has 6 aromatic rings. The van der Waals surface area contributed by atoms with Crippen LogP contribution < -0.4 is 31.9 Å². The van der Waals surface area contributed by atoms with Gasteiger partial charge in [-0.3, -0.25) is 28.8 Å². The highest BCUT2D eigenvalue weighted by atomic mass is 35.5. The number of hydrogen-bond acceptors (Lipinski definition) is 9. The van der Waals surface area contributed by atoms with Crippen molar-refractivity contribution in [2.24, 2.45) is 0 Å². The van der Waals surface area contributed by atoms with Crippen LogP contribution in [-0.4, -0.2) is 98.2 Å². The summed E-state index contributed by atoms with van der Waals surface area (Å²) in [5.74, 6) is 0.0528. The van der Waals surface area contributed by atoms with Gasteiger partial charge in [0.1, 0.15) is 0 Å². The maximum absolute atomic E-state index is 13.1. The molecule has 3 aliphatic carbocycles. The fraction of sp³-hybridized carbons (Fsp3) is 0.346. The molecule has 3 fully saturated rings. The number of fused-ring (bicyclic) bond motifs is 3. The number of aryl methyl sites for hydroxylation is 3. The van der Waals surface area contributed by atoms with Crippen LogP contribution in [0.3, 0.4) is 0 Å². The van der Waals surface area contributed by atoms with Gasteiger partial charge in [0, 0.05) is 107 Å². The number of hydrogen-bond donors (Lipinski definition) is 6. The molecule has 7 amide bonds. The molecular formula is C78H86Cl3N9O8S. The van der Waals surface area contributed by atoms with Gasteiger partial charge in [0.15, 0.2) is 22.5 Å². The first-order valence-corrected chi connectivity index (χ1v) is 34.8. The second-order valence-electron chi connectivity index (χ2n) is 26.1. The summed E-state index contributed by atoms with van der Waals surface area (Å²) in [4.78, 5) is 107. The predicted molar refractivity (Wildman–Crippen MR) is 398 cm³/mol. The van der Waals surface area contributed by atoms with Gasteiger partial charge in [-0.05, 0) is 208 Å². The smallest absolute Gasteiger partial charge is 0.319 e. The Balaban J connectivity index is 0.000000173. The average Bonchev–Trinajstić information content (AvgIpc) is 1.64. The van der Waals surface area contributed by atoms with Gasteiger partial charge in [0.2, 0.25) is 0 Å². The molecule has 12 rings (SSSR count). The summed E-state index contributed by atoms with van der Waals surface area (Å²) in [5, 5.41) is 20.0. The monoisotopic (exact) mass is 1410 g/mol. The topological polar surface area (TPSA) is 218 Å². The Morgan fingerprint density at radius 3 is 1.34 bits per heavy atom. The fourth-order valence-corrected chi connectivity index (χ4v) is 14.0. The zero-order valence-corrected chi connectivity index (χ0v) is 58.6. The Morgan fingerprint density at radius 2 is 0.889 bits per heavy atom. The number of carbonyl (C=O) groups excluding carboxylic acids is 8. The van der Waals surface area contributed by atoms with Gasteiger partial charge in [-0.15, -0.1) is 0 Å². The van der Waals surface area contributed by atoms with Gasteiger partial charge >= 0.3 is 12.1 Å². The number of urea groups is 2. The molecule has 3 unspecified atom stereocenters. The first-order valence-electron chi connectivity index (χ1n) is 33.2. The molecule has 0 aromatic heterocycles. The lowest BCUT2D eigenvalue weighted by molar-refractivity contribution is -0.123. The van der Waals surface area contributed by atoms with E-state index in [1.165, 1.54) is 0 Å². The van der Waals surface area contributed by atoms with Gasteiger partial charge in [-0.1, -0.05) is 133 Å². The molecule has 99 heavy (non-hydrogen) atoms. The van der Waals surface area contributed by atoms with Crippen molar-refractivity contribution in [3.63, 3.8) is 0 Å². The number of rotatable bonds is 14. The Hall–Kier alpha value is -8.94. The lowest BCUT2D eigenvalue weighted by Gasteiger charge is -2.25. The molecule has 6 aromatic carbocycles. The molecule has 3 aliphatic heterocycles. The van der Waals surface area contributed by atoms with Gasteiger partial charge < -0.3 is 46.6 Å². The van der Waals surface area contributed by atoms with E-state index in [0.717, 1.165) is 111 Å². The zero-order valence-electron chi connectivity index (χ0n) is 55.5. The molecular weight excluding hydrogens is 1330 g/mol. The van der Waals surface area contributed by atoms with Crippen LogP contribution in [0.5, 0.6) is 0 Å². The number of Topliss-reactive ketones (excluding diaryl/α,β-unsaturated/α-hetero) is 3. The van der Waals surface area contributed by atoms with Gasteiger partial charge in [0.05, 0.1) is 18.1 Å². The molecule has 518 valence electrons. The number of benzene rings is 6. The summed E-state index contributed by atoms with van der Waals surface area (Å²) >= 11 is 23.8. The van der Waals surface area contributed by atoms with Crippen molar-refractivity contribution in [1.29, 1.82) is 0 Å². The molecule has 3 atom stereocenters. The van der Waals surface area contributed by atoms with Crippen molar-refractivity contribution in [3.8, 4) is 0 Å². The molecule has 0 spiro atoms. The number of thiocarbonyl (C=S) groups is 1. The Morgan fingerprint density at radius 1 is 0.485 bits per heavy atom. The van der Waals surface area contributed by atoms with Crippen molar-refractivity contribution in [3.05, 3.63) is 227 Å². The third-order valence-electron chi connectivity index (χ3n) is 18.8. The van der Waals surface area contributed by atoms with E-state index in [9.17, 15) is 38.4 Å². The number of anilines is 3. The Kier molecular flexibility index (Phi) is 25.3. The van der Waals surface area contributed by atoms with Crippen LogP contribution in [0.2, 0.25) is 15.1 Å². The van der Waals surface area contributed by atoms with Crippen molar-refractivity contribution < 1.29 is 38.4 Å². The molecule has 3 saturated carbocycles. The normalized spacial score (nSPS) is 18.1. The summed E-state index contributed by atoms with van der Waals surface area (Å²) in [5.41, 5.74) is 15.7. The lowest BCUT2D eigenvalue weighted by Crippen LogP contribution is -2.40. The maximum Gasteiger partial charge on any atom is 0.319 e.